The third-order valence-electron chi connectivity index (χ3n) is 3.31. The van der Waals surface area contributed by atoms with Crippen molar-refractivity contribution in [2.24, 2.45) is 0 Å². The molecule has 1 saturated heterocycles. The topological polar surface area (TPSA) is 41.6 Å². The summed E-state index contributed by atoms with van der Waals surface area (Å²) < 4.78 is 18.9. The Bertz CT molecular complexity index is 476. The number of likely N-dealkylation sites (tertiary alicyclic amines) is 1. The van der Waals surface area contributed by atoms with Crippen molar-refractivity contribution in [3.63, 3.8) is 0 Å². The highest BCUT2D eigenvalue weighted by atomic mass is 79.9. The van der Waals surface area contributed by atoms with Crippen LogP contribution in [0.25, 0.3) is 0 Å². The highest BCUT2D eigenvalue weighted by Gasteiger charge is 2.23. The van der Waals surface area contributed by atoms with E-state index in [2.05, 4.69) is 21.2 Å². The molecule has 0 radical (unpaired) electrons. The van der Waals surface area contributed by atoms with Gasteiger partial charge in [-0.2, -0.15) is 0 Å². The summed E-state index contributed by atoms with van der Waals surface area (Å²) in [4.78, 5) is 13.3. The first-order valence-electron chi connectivity index (χ1n) is 6.73. The molecule has 0 bridgehead atoms. The zero-order valence-corrected chi connectivity index (χ0v) is 13.0. The average Bonchev–Trinajstić information content (AvgIpc) is 2.44. The van der Waals surface area contributed by atoms with E-state index in [0.717, 1.165) is 18.5 Å². The summed E-state index contributed by atoms with van der Waals surface area (Å²) >= 11 is 3.13. The molecule has 1 heterocycles. The van der Waals surface area contributed by atoms with Crippen molar-refractivity contribution in [3.05, 3.63) is 28.5 Å². The van der Waals surface area contributed by atoms with Crippen molar-refractivity contribution in [1.29, 1.82) is 0 Å². The molecule has 6 heteroatoms. The number of benzene rings is 1. The van der Waals surface area contributed by atoms with Gasteiger partial charge in [0.2, 0.25) is 0 Å². The molecule has 110 valence electrons. The third-order valence-corrected chi connectivity index (χ3v) is 3.95. The second-order valence-corrected chi connectivity index (χ2v) is 5.59. The van der Waals surface area contributed by atoms with Gasteiger partial charge in [0.25, 0.3) is 0 Å². The molecule has 0 unspecified atom stereocenters. The van der Waals surface area contributed by atoms with E-state index in [1.165, 1.54) is 6.07 Å². The number of carbonyl (C=O) groups is 1. The maximum absolute atomic E-state index is 13.4. The van der Waals surface area contributed by atoms with Crippen LogP contribution in [0.4, 0.5) is 14.9 Å². The maximum Gasteiger partial charge on any atom is 0.409 e. The Kier molecular flexibility index (Phi) is 5.23. The predicted molar refractivity (Wildman–Crippen MR) is 79.3 cm³/mol. The molecule has 1 aliphatic heterocycles. The van der Waals surface area contributed by atoms with Crippen molar-refractivity contribution in [2.75, 3.05) is 25.0 Å². The smallest absolute Gasteiger partial charge is 0.409 e. The van der Waals surface area contributed by atoms with Gasteiger partial charge in [-0.25, -0.2) is 9.18 Å². The largest absolute Gasteiger partial charge is 0.450 e. The second-order valence-electron chi connectivity index (χ2n) is 4.73. The minimum atomic E-state index is -0.279. The Hall–Kier alpha value is -1.30. The van der Waals surface area contributed by atoms with E-state index in [9.17, 15) is 9.18 Å². The van der Waals surface area contributed by atoms with Gasteiger partial charge in [-0.05, 0) is 53.9 Å². The summed E-state index contributed by atoms with van der Waals surface area (Å²) in [5, 5.41) is 3.30. The molecule has 1 aromatic carbocycles. The molecule has 2 rings (SSSR count). The van der Waals surface area contributed by atoms with Crippen LogP contribution in [0, 0.1) is 5.82 Å². The quantitative estimate of drug-likeness (QED) is 0.910. The maximum atomic E-state index is 13.4. The minimum absolute atomic E-state index is 0.249. The van der Waals surface area contributed by atoms with Crippen molar-refractivity contribution in [2.45, 2.75) is 25.8 Å². The van der Waals surface area contributed by atoms with E-state index in [1.54, 1.807) is 17.9 Å². The molecule has 1 aromatic rings. The first-order valence-corrected chi connectivity index (χ1v) is 7.52. The lowest BCUT2D eigenvalue weighted by atomic mass is 10.1. The molecule has 0 aliphatic carbocycles. The van der Waals surface area contributed by atoms with Crippen LogP contribution in [0.1, 0.15) is 19.8 Å². The highest BCUT2D eigenvalue weighted by Crippen LogP contribution is 2.22. The Balaban J connectivity index is 1.85. The normalized spacial score (nSPS) is 16.1. The van der Waals surface area contributed by atoms with Gasteiger partial charge in [0.15, 0.2) is 0 Å². The Labute approximate surface area is 126 Å². The Morgan fingerprint density at radius 3 is 2.80 bits per heavy atom. The lowest BCUT2D eigenvalue weighted by Gasteiger charge is -2.32. The molecule has 0 saturated carbocycles. The zero-order chi connectivity index (χ0) is 14.5. The summed E-state index contributed by atoms with van der Waals surface area (Å²) in [5.74, 6) is -0.279. The Morgan fingerprint density at radius 2 is 2.20 bits per heavy atom. The summed E-state index contributed by atoms with van der Waals surface area (Å²) in [7, 11) is 0. The standard InChI is InChI=1S/C14H18BrFN2O2/c1-2-20-14(19)18-7-5-10(6-8-18)17-11-3-4-12(15)13(16)9-11/h3-4,9-10,17H,2,5-8H2,1H3. The molecular formula is C14H18BrFN2O2. The zero-order valence-electron chi connectivity index (χ0n) is 11.4. The van der Waals surface area contributed by atoms with Crippen molar-refractivity contribution >= 4 is 27.7 Å². The molecule has 4 nitrogen and oxygen atoms in total. The fraction of sp³-hybridized carbons (Fsp3) is 0.500. The molecule has 1 aliphatic rings. The number of hydrogen-bond acceptors (Lipinski definition) is 3. The van der Waals surface area contributed by atoms with Crippen LogP contribution in [0.15, 0.2) is 22.7 Å². The predicted octanol–water partition coefficient (Wildman–Crippen LogP) is 3.62. The molecule has 20 heavy (non-hydrogen) atoms. The van der Waals surface area contributed by atoms with Crippen LogP contribution in [-0.2, 0) is 4.74 Å². The van der Waals surface area contributed by atoms with Crippen LogP contribution in [0.3, 0.4) is 0 Å². The van der Waals surface area contributed by atoms with Gasteiger partial charge in [-0.15, -0.1) is 0 Å². The van der Waals surface area contributed by atoms with Crippen LogP contribution >= 0.6 is 15.9 Å². The molecule has 1 N–H and O–H groups in total. The van der Waals surface area contributed by atoms with Crippen LogP contribution < -0.4 is 5.32 Å². The van der Waals surface area contributed by atoms with Crippen molar-refractivity contribution in [1.82, 2.24) is 4.90 Å². The molecule has 0 spiro atoms. The van der Waals surface area contributed by atoms with Gasteiger partial charge in [-0.3, -0.25) is 0 Å². The van der Waals surface area contributed by atoms with Gasteiger partial charge in [0, 0.05) is 24.8 Å². The third kappa shape index (κ3) is 3.85. The first kappa shape index (κ1) is 15.1. The molecular weight excluding hydrogens is 327 g/mol. The van der Waals surface area contributed by atoms with Crippen LogP contribution in [0.2, 0.25) is 0 Å². The highest BCUT2D eigenvalue weighted by molar-refractivity contribution is 9.10. The first-order chi connectivity index (χ1) is 9.60. The summed E-state index contributed by atoms with van der Waals surface area (Å²) in [6.07, 6.45) is 1.41. The fourth-order valence-electron chi connectivity index (χ4n) is 2.24. The van der Waals surface area contributed by atoms with Crippen molar-refractivity contribution in [3.8, 4) is 0 Å². The van der Waals surface area contributed by atoms with E-state index in [4.69, 9.17) is 4.74 Å². The van der Waals surface area contributed by atoms with Gasteiger partial charge >= 0.3 is 6.09 Å². The van der Waals surface area contributed by atoms with Gasteiger partial charge < -0.3 is 15.0 Å². The molecule has 1 amide bonds. The number of nitrogens with one attached hydrogen (secondary N) is 1. The van der Waals surface area contributed by atoms with E-state index >= 15 is 0 Å². The molecule has 0 aromatic heterocycles. The van der Waals surface area contributed by atoms with Crippen molar-refractivity contribution < 1.29 is 13.9 Å². The number of anilines is 1. The van der Waals surface area contributed by atoms with Gasteiger partial charge in [0.1, 0.15) is 5.82 Å². The summed E-state index contributed by atoms with van der Waals surface area (Å²) in [5.41, 5.74) is 0.764. The number of carbonyl (C=O) groups excluding carboxylic acids is 1. The SMILES string of the molecule is CCOC(=O)N1CCC(Nc2ccc(Br)c(F)c2)CC1. The second kappa shape index (κ2) is 6.92. The molecule has 0 atom stereocenters. The summed E-state index contributed by atoms with van der Waals surface area (Å²) in [6, 6.07) is 5.25. The van der Waals surface area contributed by atoms with Crippen LogP contribution in [0.5, 0.6) is 0 Å². The van der Waals surface area contributed by atoms with E-state index < -0.39 is 0 Å². The Morgan fingerprint density at radius 1 is 1.50 bits per heavy atom. The fourth-order valence-corrected chi connectivity index (χ4v) is 2.49. The number of ether oxygens (including phenoxy) is 1. The van der Waals surface area contributed by atoms with Crippen LogP contribution in [-0.4, -0.2) is 36.7 Å². The van der Waals surface area contributed by atoms with Gasteiger partial charge in [-0.1, -0.05) is 0 Å². The average molecular weight is 345 g/mol. The number of piperidine rings is 1. The number of hydrogen-bond donors (Lipinski definition) is 1. The number of halogens is 2. The number of amides is 1. The van der Waals surface area contributed by atoms with E-state index in [0.29, 0.717) is 24.2 Å². The van der Waals surface area contributed by atoms with E-state index in [-0.39, 0.29) is 18.0 Å². The summed E-state index contributed by atoms with van der Waals surface area (Å²) in [6.45, 7) is 3.52. The molecule has 1 fully saturated rings. The minimum Gasteiger partial charge on any atom is -0.450 e. The number of nitrogens with zero attached hydrogens (tertiary/aromatic N) is 1. The van der Waals surface area contributed by atoms with Gasteiger partial charge in [0.05, 0.1) is 11.1 Å². The lowest BCUT2D eigenvalue weighted by molar-refractivity contribution is 0.0983. The van der Waals surface area contributed by atoms with E-state index in [1.807, 2.05) is 6.07 Å². The lowest BCUT2D eigenvalue weighted by Crippen LogP contribution is -2.42. The number of rotatable bonds is 3. The monoisotopic (exact) mass is 344 g/mol.